The Morgan fingerprint density at radius 1 is 1.00 bits per heavy atom. The first-order valence-electron chi connectivity index (χ1n) is 12.2. The highest BCUT2D eigenvalue weighted by Crippen LogP contribution is 2.46. The van der Waals surface area contributed by atoms with E-state index in [1.54, 1.807) is 12.1 Å². The molecule has 0 amide bonds. The summed E-state index contributed by atoms with van der Waals surface area (Å²) >= 11 is 0. The van der Waals surface area contributed by atoms with E-state index in [9.17, 15) is 37.3 Å². The number of anilines is 1. The number of phenols is 1. The van der Waals surface area contributed by atoms with E-state index in [0.29, 0.717) is 5.56 Å². The molecule has 5 rings (SSSR count). The number of carboxylic acid groups (broad SMARTS) is 1. The minimum absolute atomic E-state index is 0.0373. The first-order valence-corrected chi connectivity index (χ1v) is 13.6. The molecule has 212 valence electrons. The first kappa shape index (κ1) is 27.8. The molecule has 0 atom stereocenters. The quantitative estimate of drug-likeness (QED) is 0.246. The zero-order valence-corrected chi connectivity index (χ0v) is 22.6. The van der Waals surface area contributed by atoms with E-state index in [0.717, 1.165) is 20.7 Å². The van der Waals surface area contributed by atoms with Crippen LogP contribution < -0.4 is 4.31 Å². The van der Waals surface area contributed by atoms with Gasteiger partial charge in [0.1, 0.15) is 17.2 Å². The molecule has 0 spiro atoms. The summed E-state index contributed by atoms with van der Waals surface area (Å²) in [7, 11) is -1.84. The highest BCUT2D eigenvalue weighted by Gasteiger charge is 2.31. The molecule has 3 N–H and O–H groups in total. The van der Waals surface area contributed by atoms with Gasteiger partial charge < -0.3 is 19.9 Å². The predicted octanol–water partition coefficient (Wildman–Crippen LogP) is 4.44. The maximum Gasteiger partial charge on any atom is 0.336 e. The lowest BCUT2D eigenvalue weighted by Gasteiger charge is -2.28. The van der Waals surface area contributed by atoms with Gasteiger partial charge in [-0.25, -0.2) is 13.6 Å². The average Bonchev–Trinajstić information content (AvgIpc) is 3.26. The second kappa shape index (κ2) is 10.3. The first-order chi connectivity index (χ1) is 19.4. The van der Waals surface area contributed by atoms with Crippen molar-refractivity contribution in [3.63, 3.8) is 0 Å². The van der Waals surface area contributed by atoms with Gasteiger partial charge in [0.2, 0.25) is 5.88 Å². The van der Waals surface area contributed by atoms with Gasteiger partial charge in [-0.3, -0.25) is 9.29 Å². The van der Waals surface area contributed by atoms with Crippen molar-refractivity contribution in [1.29, 1.82) is 0 Å². The topological polar surface area (TPSA) is 136 Å². The van der Waals surface area contributed by atoms with Gasteiger partial charge in [0.15, 0.2) is 5.75 Å². The van der Waals surface area contributed by atoms with E-state index in [1.165, 1.54) is 61.4 Å². The molecule has 3 aromatic carbocycles. The molecule has 2 aromatic heterocycles. The van der Waals surface area contributed by atoms with Gasteiger partial charge in [0.25, 0.3) is 0 Å². The van der Waals surface area contributed by atoms with Crippen LogP contribution in [-0.2, 0) is 23.3 Å². The molecule has 0 aliphatic heterocycles. The second-order valence-electron chi connectivity index (χ2n) is 9.43. The monoisotopic (exact) mass is 582 g/mol. The fourth-order valence-corrected chi connectivity index (χ4v) is 5.93. The highest BCUT2D eigenvalue weighted by molar-refractivity contribution is 7.90. The number of fused-ring (bicyclic) bond motifs is 2. The number of carboxylic acids is 1. The summed E-state index contributed by atoms with van der Waals surface area (Å²) in [5.41, 5.74) is 0.475. The van der Waals surface area contributed by atoms with E-state index in [4.69, 9.17) is 0 Å². The molecule has 41 heavy (non-hydrogen) atoms. The van der Waals surface area contributed by atoms with Gasteiger partial charge in [-0.15, -0.1) is 0 Å². The van der Waals surface area contributed by atoms with Gasteiger partial charge in [-0.2, -0.15) is 12.7 Å². The van der Waals surface area contributed by atoms with Crippen molar-refractivity contribution in [2.24, 2.45) is 0 Å². The molecule has 0 fully saturated rings. The van der Waals surface area contributed by atoms with Crippen molar-refractivity contribution in [2.45, 2.75) is 13.1 Å². The summed E-state index contributed by atoms with van der Waals surface area (Å²) in [5, 5.41) is 32.1. The molecular formula is C28H24F2N4O6S. The number of aromatic carboxylic acids is 1. The van der Waals surface area contributed by atoms with Gasteiger partial charge in [-0.05, 0) is 47.5 Å². The van der Waals surface area contributed by atoms with Crippen LogP contribution in [0, 0.1) is 11.6 Å². The summed E-state index contributed by atoms with van der Waals surface area (Å²) in [6.45, 7) is -0.300. The van der Waals surface area contributed by atoms with Crippen LogP contribution in [0.4, 0.5) is 14.5 Å². The van der Waals surface area contributed by atoms with E-state index in [2.05, 4.69) is 4.98 Å². The number of phenolic OH excluding ortho intramolecular Hbond substituents is 1. The Morgan fingerprint density at radius 3 is 2.37 bits per heavy atom. The maximum atomic E-state index is 13.8. The molecule has 2 heterocycles. The van der Waals surface area contributed by atoms with Crippen LogP contribution in [0.25, 0.3) is 21.7 Å². The summed E-state index contributed by atoms with van der Waals surface area (Å²) in [4.78, 5) is 15.9. The molecule has 0 radical (unpaired) electrons. The highest BCUT2D eigenvalue weighted by atomic mass is 32.2. The van der Waals surface area contributed by atoms with E-state index in [1.807, 2.05) is 0 Å². The number of aromatic hydroxyl groups is 2. The van der Waals surface area contributed by atoms with Crippen LogP contribution >= 0.6 is 0 Å². The van der Waals surface area contributed by atoms with Crippen LogP contribution in [0.1, 0.15) is 21.5 Å². The number of nitrogens with zero attached hydrogens (tertiary/aromatic N) is 4. The molecule has 0 aliphatic rings. The van der Waals surface area contributed by atoms with Crippen LogP contribution in [0.15, 0.2) is 67.0 Å². The number of benzene rings is 3. The van der Waals surface area contributed by atoms with Crippen LogP contribution in [0.2, 0.25) is 0 Å². The summed E-state index contributed by atoms with van der Waals surface area (Å²) in [6, 6.07) is 11.8. The van der Waals surface area contributed by atoms with Crippen LogP contribution in [-0.4, -0.2) is 57.7 Å². The minimum Gasteiger partial charge on any atom is -0.505 e. The Hall–Kier alpha value is -4.75. The lowest BCUT2D eigenvalue weighted by atomic mass is 10.1. The fraction of sp³-hybridized carbons (Fsp3) is 0.143. The molecule has 13 heteroatoms. The third-order valence-corrected chi connectivity index (χ3v) is 8.64. The number of aromatic nitrogens is 2. The van der Waals surface area contributed by atoms with Crippen molar-refractivity contribution in [2.75, 3.05) is 18.4 Å². The summed E-state index contributed by atoms with van der Waals surface area (Å²) in [5.74, 6) is -3.32. The van der Waals surface area contributed by atoms with Gasteiger partial charge in [0.05, 0.1) is 23.2 Å². The van der Waals surface area contributed by atoms with Crippen molar-refractivity contribution in [1.82, 2.24) is 13.9 Å². The Labute approximate surface area is 233 Å². The molecule has 0 unspecified atom stereocenters. The SMILES string of the molecule is CN(Cc1ccc(F)cc1C(=O)O)S(=O)(=O)N(C)c1c2cccnc2c(O)c2c(O)n(Cc3ccc(F)cc3)cc12. The molecule has 10 nitrogen and oxygen atoms in total. The zero-order chi connectivity index (χ0) is 29.6. The van der Waals surface area contributed by atoms with Crippen molar-refractivity contribution in [3.05, 3.63) is 95.3 Å². The van der Waals surface area contributed by atoms with Crippen molar-refractivity contribution >= 4 is 43.5 Å². The summed E-state index contributed by atoms with van der Waals surface area (Å²) in [6.07, 6.45) is 2.89. The van der Waals surface area contributed by atoms with Crippen molar-refractivity contribution in [3.8, 4) is 11.6 Å². The number of halogens is 2. The Morgan fingerprint density at radius 2 is 1.68 bits per heavy atom. The minimum atomic E-state index is -4.37. The molecule has 0 aliphatic carbocycles. The van der Waals surface area contributed by atoms with Crippen LogP contribution in [0.5, 0.6) is 11.6 Å². The number of carbonyl (C=O) groups is 1. The molecule has 5 aromatic rings. The number of rotatable bonds is 8. The van der Waals surface area contributed by atoms with Gasteiger partial charge >= 0.3 is 16.2 Å². The largest absolute Gasteiger partial charge is 0.505 e. The average molecular weight is 583 g/mol. The Bertz CT molecular complexity index is 1930. The summed E-state index contributed by atoms with van der Waals surface area (Å²) < 4.78 is 58.0. The smallest absolute Gasteiger partial charge is 0.336 e. The lowest BCUT2D eigenvalue weighted by Crippen LogP contribution is -2.39. The Balaban J connectivity index is 1.64. The standard InChI is InChI=1S/C28H24F2N4O6S/c1-32(14-17-7-10-19(30)12-21(17)28(37)38)41(39,40)33(2)25-20-4-3-11-31-24(20)26(35)23-22(25)15-34(27(23)36)13-16-5-8-18(29)9-6-16/h3-12,15,35-36H,13-14H2,1-2H3,(H,37,38). The lowest BCUT2D eigenvalue weighted by molar-refractivity contribution is 0.0694. The third kappa shape index (κ3) is 4.89. The molecule has 0 saturated heterocycles. The van der Waals surface area contributed by atoms with E-state index >= 15 is 0 Å². The van der Waals surface area contributed by atoms with Crippen molar-refractivity contribution < 1.29 is 37.3 Å². The van der Waals surface area contributed by atoms with Gasteiger partial charge in [-0.1, -0.05) is 18.2 Å². The van der Waals surface area contributed by atoms with Crippen LogP contribution in [0.3, 0.4) is 0 Å². The number of hydrogen-bond donors (Lipinski definition) is 3. The normalized spacial score (nSPS) is 11.9. The predicted molar refractivity (Wildman–Crippen MR) is 148 cm³/mol. The third-order valence-electron chi connectivity index (χ3n) is 6.85. The fourth-order valence-electron chi connectivity index (χ4n) is 4.79. The number of pyridine rings is 1. The maximum absolute atomic E-state index is 13.8. The van der Waals surface area contributed by atoms with E-state index < -0.39 is 27.8 Å². The molecule has 0 saturated carbocycles. The van der Waals surface area contributed by atoms with E-state index in [-0.39, 0.29) is 63.2 Å². The zero-order valence-electron chi connectivity index (χ0n) is 21.8. The Kier molecular flexibility index (Phi) is 7.01. The number of hydrogen-bond acceptors (Lipinski definition) is 6. The second-order valence-corrected chi connectivity index (χ2v) is 11.5. The molecular weight excluding hydrogens is 558 g/mol. The molecule has 0 bridgehead atoms. The van der Waals surface area contributed by atoms with Gasteiger partial charge in [0, 0.05) is 43.8 Å².